The van der Waals surface area contributed by atoms with Crippen molar-refractivity contribution in [2.45, 2.75) is 18.2 Å². The molecule has 6 nitrogen and oxygen atoms in total. The van der Waals surface area contributed by atoms with Gasteiger partial charge in [-0.25, -0.2) is 9.97 Å². The van der Waals surface area contributed by atoms with Crippen molar-refractivity contribution in [2.24, 2.45) is 0 Å². The zero-order chi connectivity index (χ0) is 23.0. The normalized spacial score (nSPS) is 10.8. The molecule has 0 N–H and O–H groups in total. The van der Waals surface area contributed by atoms with Crippen LogP contribution in [0.3, 0.4) is 0 Å². The standard InChI is InChI=1S/C26H26N2O4S/c1-18-6-4-7-20(14-18)31-12-5-13-33-21-10-8-19(9-11-21)32-26-22-15-24(29-2)25(30-3)16-23(22)27-17-28-26/h4,6-11,14-17H,5,12-13H2,1-3H3. The van der Waals surface area contributed by atoms with Gasteiger partial charge in [-0.3, -0.25) is 0 Å². The average Bonchev–Trinajstić information content (AvgIpc) is 2.84. The molecule has 4 rings (SSSR count). The lowest BCUT2D eigenvalue weighted by atomic mass is 10.2. The van der Waals surface area contributed by atoms with Gasteiger partial charge in [0.15, 0.2) is 11.5 Å². The van der Waals surface area contributed by atoms with Gasteiger partial charge in [0.25, 0.3) is 0 Å². The zero-order valence-corrected chi connectivity index (χ0v) is 19.7. The molecule has 33 heavy (non-hydrogen) atoms. The number of methoxy groups -OCH3 is 2. The molecular formula is C26H26N2O4S. The van der Waals surface area contributed by atoms with Gasteiger partial charge >= 0.3 is 0 Å². The Labute approximate surface area is 197 Å². The molecule has 0 saturated heterocycles. The summed E-state index contributed by atoms with van der Waals surface area (Å²) in [4.78, 5) is 9.80. The minimum Gasteiger partial charge on any atom is -0.494 e. The monoisotopic (exact) mass is 462 g/mol. The Morgan fingerprint density at radius 1 is 0.848 bits per heavy atom. The Kier molecular flexibility index (Phi) is 7.52. The molecule has 0 amide bonds. The largest absolute Gasteiger partial charge is 0.494 e. The quantitative estimate of drug-likeness (QED) is 0.202. The van der Waals surface area contributed by atoms with Crippen LogP contribution < -0.4 is 18.9 Å². The van der Waals surface area contributed by atoms with Gasteiger partial charge in [-0.2, -0.15) is 0 Å². The number of benzene rings is 3. The molecule has 0 bridgehead atoms. The fourth-order valence-electron chi connectivity index (χ4n) is 3.30. The third-order valence-corrected chi connectivity index (χ3v) is 6.06. The molecule has 0 fully saturated rings. The van der Waals surface area contributed by atoms with Crippen LogP contribution in [0.5, 0.6) is 28.9 Å². The lowest BCUT2D eigenvalue weighted by Gasteiger charge is -2.11. The molecule has 0 radical (unpaired) electrons. The van der Waals surface area contributed by atoms with Crippen molar-refractivity contribution in [3.63, 3.8) is 0 Å². The molecule has 0 atom stereocenters. The first kappa shape index (κ1) is 22.7. The van der Waals surface area contributed by atoms with Gasteiger partial charge in [-0.05, 0) is 61.4 Å². The summed E-state index contributed by atoms with van der Waals surface area (Å²) in [5.74, 6) is 4.29. The van der Waals surface area contributed by atoms with Crippen LogP contribution in [-0.2, 0) is 0 Å². The molecule has 0 unspecified atom stereocenters. The fourth-order valence-corrected chi connectivity index (χ4v) is 4.13. The Morgan fingerprint density at radius 2 is 1.64 bits per heavy atom. The predicted octanol–water partition coefficient (Wildman–Crippen LogP) is 6.31. The van der Waals surface area contributed by atoms with E-state index >= 15 is 0 Å². The Bertz CT molecular complexity index is 1210. The first-order chi connectivity index (χ1) is 16.2. The lowest BCUT2D eigenvalue weighted by Crippen LogP contribution is -1.98. The summed E-state index contributed by atoms with van der Waals surface area (Å²) in [6, 6.07) is 19.8. The van der Waals surface area contributed by atoms with E-state index in [-0.39, 0.29) is 0 Å². The highest BCUT2D eigenvalue weighted by molar-refractivity contribution is 7.99. The summed E-state index contributed by atoms with van der Waals surface area (Å²) in [5.41, 5.74) is 1.93. The number of rotatable bonds is 10. The van der Waals surface area contributed by atoms with Gasteiger partial charge in [-0.15, -0.1) is 11.8 Å². The van der Waals surface area contributed by atoms with E-state index in [0.29, 0.717) is 29.7 Å². The number of aryl methyl sites for hydroxylation is 1. The SMILES string of the molecule is COc1cc2ncnc(Oc3ccc(SCCCOc4cccc(C)c4)cc3)c2cc1OC. The molecule has 170 valence electrons. The minimum absolute atomic E-state index is 0.467. The van der Waals surface area contributed by atoms with Gasteiger partial charge in [-0.1, -0.05) is 12.1 Å². The molecular weight excluding hydrogens is 436 g/mol. The van der Waals surface area contributed by atoms with Crippen LogP contribution in [0.25, 0.3) is 10.9 Å². The topological polar surface area (TPSA) is 62.7 Å². The third kappa shape index (κ3) is 5.87. The van der Waals surface area contributed by atoms with Crippen molar-refractivity contribution in [3.8, 4) is 28.9 Å². The smallest absolute Gasteiger partial charge is 0.230 e. The Balaban J connectivity index is 1.33. The van der Waals surface area contributed by atoms with Crippen molar-refractivity contribution >= 4 is 22.7 Å². The van der Waals surface area contributed by atoms with Crippen LogP contribution in [0.1, 0.15) is 12.0 Å². The molecule has 1 heterocycles. The molecule has 0 spiro atoms. The highest BCUT2D eigenvalue weighted by Gasteiger charge is 2.12. The summed E-state index contributed by atoms with van der Waals surface area (Å²) in [5, 5.41) is 0.752. The second-order valence-electron chi connectivity index (χ2n) is 7.34. The van der Waals surface area contributed by atoms with Gasteiger partial charge < -0.3 is 18.9 Å². The maximum atomic E-state index is 6.04. The van der Waals surface area contributed by atoms with E-state index in [1.807, 2.05) is 36.4 Å². The maximum Gasteiger partial charge on any atom is 0.230 e. The van der Waals surface area contributed by atoms with Gasteiger partial charge in [0, 0.05) is 16.7 Å². The van der Waals surface area contributed by atoms with Crippen LogP contribution >= 0.6 is 11.8 Å². The number of aromatic nitrogens is 2. The number of ether oxygens (including phenoxy) is 4. The molecule has 4 aromatic rings. The molecule has 0 aliphatic carbocycles. The van der Waals surface area contributed by atoms with Crippen molar-refractivity contribution in [3.05, 3.63) is 72.6 Å². The Morgan fingerprint density at radius 3 is 2.39 bits per heavy atom. The van der Waals surface area contributed by atoms with Gasteiger partial charge in [0.2, 0.25) is 5.88 Å². The summed E-state index contributed by atoms with van der Waals surface area (Å²) in [6.07, 6.45) is 2.45. The van der Waals surface area contributed by atoms with E-state index in [0.717, 1.165) is 28.8 Å². The van der Waals surface area contributed by atoms with Crippen LogP contribution in [0, 0.1) is 6.92 Å². The number of thioether (sulfide) groups is 1. The molecule has 0 aliphatic heterocycles. The Hall–Kier alpha value is -3.45. The second kappa shape index (κ2) is 10.9. The van der Waals surface area contributed by atoms with Gasteiger partial charge in [0.1, 0.15) is 17.8 Å². The van der Waals surface area contributed by atoms with E-state index in [2.05, 4.69) is 41.2 Å². The van der Waals surface area contributed by atoms with E-state index in [1.165, 1.54) is 16.8 Å². The molecule has 1 aromatic heterocycles. The number of hydrogen-bond acceptors (Lipinski definition) is 7. The van der Waals surface area contributed by atoms with Crippen LogP contribution in [-0.4, -0.2) is 36.5 Å². The van der Waals surface area contributed by atoms with Crippen molar-refractivity contribution in [2.75, 3.05) is 26.6 Å². The van der Waals surface area contributed by atoms with Crippen molar-refractivity contribution < 1.29 is 18.9 Å². The first-order valence-corrected chi connectivity index (χ1v) is 11.6. The van der Waals surface area contributed by atoms with Crippen molar-refractivity contribution in [1.29, 1.82) is 0 Å². The highest BCUT2D eigenvalue weighted by atomic mass is 32.2. The molecule has 7 heteroatoms. The zero-order valence-electron chi connectivity index (χ0n) is 18.9. The van der Waals surface area contributed by atoms with E-state index in [1.54, 1.807) is 26.0 Å². The second-order valence-corrected chi connectivity index (χ2v) is 8.51. The summed E-state index contributed by atoms with van der Waals surface area (Å²) in [7, 11) is 3.19. The highest BCUT2D eigenvalue weighted by Crippen LogP contribution is 2.36. The van der Waals surface area contributed by atoms with E-state index in [4.69, 9.17) is 18.9 Å². The third-order valence-electron chi connectivity index (χ3n) is 4.96. The minimum atomic E-state index is 0.467. The molecule has 0 aliphatic rings. The van der Waals surface area contributed by atoms with Crippen LogP contribution in [0.2, 0.25) is 0 Å². The predicted molar refractivity (Wildman–Crippen MR) is 131 cm³/mol. The lowest BCUT2D eigenvalue weighted by molar-refractivity contribution is 0.318. The number of fused-ring (bicyclic) bond motifs is 1. The van der Waals surface area contributed by atoms with Crippen molar-refractivity contribution in [1.82, 2.24) is 9.97 Å². The van der Waals surface area contributed by atoms with Gasteiger partial charge in [0.05, 0.1) is 31.7 Å². The van der Waals surface area contributed by atoms with Crippen LogP contribution in [0.15, 0.2) is 71.9 Å². The first-order valence-electron chi connectivity index (χ1n) is 10.6. The maximum absolute atomic E-state index is 6.04. The van der Waals surface area contributed by atoms with Crippen LogP contribution in [0.4, 0.5) is 0 Å². The van der Waals surface area contributed by atoms with E-state index in [9.17, 15) is 0 Å². The summed E-state index contributed by atoms with van der Waals surface area (Å²) in [6.45, 7) is 2.77. The molecule has 0 saturated carbocycles. The number of nitrogens with zero attached hydrogens (tertiary/aromatic N) is 2. The number of hydrogen-bond donors (Lipinski definition) is 0. The molecule has 3 aromatic carbocycles. The summed E-state index contributed by atoms with van der Waals surface area (Å²) >= 11 is 1.79. The average molecular weight is 463 g/mol. The fraction of sp³-hybridized carbons (Fsp3) is 0.231. The van der Waals surface area contributed by atoms with E-state index < -0.39 is 0 Å². The summed E-state index contributed by atoms with van der Waals surface area (Å²) < 4.78 is 22.6.